The van der Waals surface area contributed by atoms with Crippen molar-refractivity contribution >= 4 is 22.9 Å². The van der Waals surface area contributed by atoms with Crippen LogP contribution in [0.2, 0.25) is 4.34 Å². The molecule has 0 spiro atoms. The maximum atomic E-state index is 10.3. The number of hydrogen-bond acceptors (Lipinski definition) is 5. The molecular weight excluding hydrogens is 356 g/mol. The second-order valence-corrected chi connectivity index (χ2v) is 7.43. The summed E-state index contributed by atoms with van der Waals surface area (Å²) in [7, 11) is 0. The number of thiophene rings is 1. The van der Waals surface area contributed by atoms with E-state index in [9.17, 15) is 5.11 Å². The van der Waals surface area contributed by atoms with Crippen LogP contribution < -0.4 is 4.74 Å². The third-order valence-electron chi connectivity index (χ3n) is 3.51. The normalized spacial score (nSPS) is 11.9. The minimum Gasteiger partial charge on any atom is -0.491 e. The molecule has 1 aromatic carbocycles. The number of nitrogens with zero attached hydrogens (tertiary/aromatic N) is 2. The molecule has 0 bridgehead atoms. The Balaban J connectivity index is 1.82. The van der Waals surface area contributed by atoms with Crippen LogP contribution in [0, 0.1) is 11.3 Å². The van der Waals surface area contributed by atoms with Crippen molar-refractivity contribution in [3.8, 4) is 11.8 Å². The van der Waals surface area contributed by atoms with Crippen LogP contribution in [0.3, 0.4) is 0 Å². The third kappa shape index (κ3) is 6.89. The van der Waals surface area contributed by atoms with Crippen LogP contribution in [0.25, 0.3) is 0 Å². The first-order chi connectivity index (χ1) is 12.1. The Labute approximate surface area is 157 Å². The average molecular weight is 377 g/mol. The molecule has 0 amide bonds. The first kappa shape index (κ1) is 19.5. The van der Waals surface area contributed by atoms with Crippen LogP contribution in [0.15, 0.2) is 49.1 Å². The van der Waals surface area contributed by atoms with E-state index in [4.69, 9.17) is 21.6 Å². The van der Waals surface area contributed by atoms with Gasteiger partial charge in [0.2, 0.25) is 0 Å². The van der Waals surface area contributed by atoms with E-state index >= 15 is 0 Å². The summed E-state index contributed by atoms with van der Waals surface area (Å²) in [5, 5.41) is 18.9. The van der Waals surface area contributed by atoms with Gasteiger partial charge < -0.3 is 9.84 Å². The molecule has 2 aromatic rings. The van der Waals surface area contributed by atoms with Crippen LogP contribution in [-0.2, 0) is 13.0 Å². The molecular formula is C19H21ClN2O2S. The third-order valence-corrected chi connectivity index (χ3v) is 4.73. The Bertz CT molecular complexity index is 709. The fourth-order valence-electron chi connectivity index (χ4n) is 2.38. The molecule has 2 rings (SSSR count). The molecule has 0 aliphatic heterocycles. The molecule has 4 nitrogen and oxygen atoms in total. The standard InChI is InChI=1S/C19H21ClN2O2S/c1-2-11-22(13-18-7-8-19(20)25-18)12-16(23)14-24-17-5-3-15(4-6-17)9-10-21/h2-8,16,23H,1,9,11-14H2/t16-/m0/s1. The van der Waals surface area contributed by atoms with Crippen LogP contribution in [0.5, 0.6) is 5.75 Å². The zero-order valence-corrected chi connectivity index (χ0v) is 15.5. The summed E-state index contributed by atoms with van der Waals surface area (Å²) in [6, 6.07) is 13.3. The van der Waals surface area contributed by atoms with Crippen molar-refractivity contribution in [2.45, 2.75) is 19.1 Å². The van der Waals surface area contributed by atoms with E-state index in [1.54, 1.807) is 0 Å². The summed E-state index contributed by atoms with van der Waals surface area (Å²) in [4.78, 5) is 3.24. The summed E-state index contributed by atoms with van der Waals surface area (Å²) in [5.74, 6) is 0.682. The van der Waals surface area contributed by atoms with E-state index in [2.05, 4.69) is 17.5 Å². The minimum absolute atomic E-state index is 0.205. The highest BCUT2D eigenvalue weighted by Crippen LogP contribution is 2.22. The van der Waals surface area contributed by atoms with Gasteiger partial charge in [0.25, 0.3) is 0 Å². The summed E-state index contributed by atoms with van der Waals surface area (Å²) in [6.07, 6.45) is 1.58. The largest absolute Gasteiger partial charge is 0.491 e. The van der Waals surface area contributed by atoms with E-state index in [0.717, 1.165) is 14.8 Å². The maximum absolute atomic E-state index is 10.3. The second kappa shape index (κ2) is 10.2. The monoisotopic (exact) mass is 376 g/mol. The van der Waals surface area contributed by atoms with Gasteiger partial charge in [0.15, 0.2) is 0 Å². The van der Waals surface area contributed by atoms with Crippen LogP contribution in [0.1, 0.15) is 10.4 Å². The van der Waals surface area contributed by atoms with Gasteiger partial charge in [-0.1, -0.05) is 29.8 Å². The molecule has 0 aliphatic rings. The smallest absolute Gasteiger partial charge is 0.119 e. The lowest BCUT2D eigenvalue weighted by atomic mass is 10.2. The number of hydrogen-bond donors (Lipinski definition) is 1. The molecule has 0 saturated carbocycles. The molecule has 0 saturated heterocycles. The second-order valence-electron chi connectivity index (χ2n) is 5.63. The van der Waals surface area contributed by atoms with Crippen LogP contribution in [0.4, 0.5) is 0 Å². The predicted octanol–water partition coefficient (Wildman–Crippen LogP) is 3.90. The molecule has 1 heterocycles. The van der Waals surface area contributed by atoms with Crippen molar-refractivity contribution in [1.29, 1.82) is 5.26 Å². The maximum Gasteiger partial charge on any atom is 0.119 e. The lowest BCUT2D eigenvalue weighted by Crippen LogP contribution is -2.35. The van der Waals surface area contributed by atoms with Gasteiger partial charge in [-0.15, -0.1) is 17.9 Å². The van der Waals surface area contributed by atoms with Gasteiger partial charge in [-0.2, -0.15) is 5.26 Å². The number of aliphatic hydroxyl groups is 1. The van der Waals surface area contributed by atoms with Gasteiger partial charge in [-0.3, -0.25) is 4.90 Å². The predicted molar refractivity (Wildman–Crippen MR) is 102 cm³/mol. The lowest BCUT2D eigenvalue weighted by Gasteiger charge is -2.23. The average Bonchev–Trinajstić information content (AvgIpc) is 2.99. The summed E-state index contributed by atoms with van der Waals surface area (Å²) in [5.41, 5.74) is 0.946. The fraction of sp³-hybridized carbons (Fsp3) is 0.316. The summed E-state index contributed by atoms with van der Waals surface area (Å²) < 4.78 is 6.39. The molecule has 1 atom stereocenters. The molecule has 1 N–H and O–H groups in total. The van der Waals surface area contributed by atoms with Gasteiger partial charge in [0.05, 0.1) is 16.8 Å². The highest BCUT2D eigenvalue weighted by atomic mass is 35.5. The van der Waals surface area contributed by atoms with E-state index in [0.29, 0.717) is 31.8 Å². The van der Waals surface area contributed by atoms with Crippen molar-refractivity contribution in [3.63, 3.8) is 0 Å². The van der Waals surface area contributed by atoms with Crippen LogP contribution >= 0.6 is 22.9 Å². The van der Waals surface area contributed by atoms with Crippen molar-refractivity contribution < 1.29 is 9.84 Å². The number of aliphatic hydroxyl groups excluding tert-OH is 1. The van der Waals surface area contributed by atoms with Gasteiger partial charge in [-0.05, 0) is 29.8 Å². The SMILES string of the molecule is C=CCN(Cc1ccc(Cl)s1)C[C@H](O)COc1ccc(CC#N)cc1. The van der Waals surface area contributed by atoms with E-state index in [-0.39, 0.29) is 6.61 Å². The lowest BCUT2D eigenvalue weighted by molar-refractivity contribution is 0.0699. The Morgan fingerprint density at radius 2 is 2.08 bits per heavy atom. The van der Waals surface area contributed by atoms with Gasteiger partial charge in [0, 0.05) is 24.5 Å². The number of nitriles is 1. The minimum atomic E-state index is -0.617. The number of halogens is 1. The van der Waals surface area contributed by atoms with Gasteiger partial charge in [0.1, 0.15) is 18.5 Å². The zero-order valence-electron chi connectivity index (χ0n) is 13.9. The molecule has 25 heavy (non-hydrogen) atoms. The Kier molecular flexibility index (Phi) is 7.96. The van der Waals surface area contributed by atoms with Gasteiger partial charge in [-0.25, -0.2) is 0 Å². The highest BCUT2D eigenvalue weighted by Gasteiger charge is 2.13. The van der Waals surface area contributed by atoms with E-state index in [1.807, 2.05) is 42.5 Å². The summed E-state index contributed by atoms with van der Waals surface area (Å²) >= 11 is 7.51. The number of rotatable bonds is 10. The number of benzene rings is 1. The fourth-order valence-corrected chi connectivity index (χ4v) is 3.51. The molecule has 132 valence electrons. The Morgan fingerprint density at radius 3 is 2.68 bits per heavy atom. The first-order valence-electron chi connectivity index (χ1n) is 7.95. The molecule has 0 aliphatic carbocycles. The highest BCUT2D eigenvalue weighted by molar-refractivity contribution is 7.16. The van der Waals surface area contributed by atoms with Crippen molar-refractivity contribution in [2.75, 3.05) is 19.7 Å². The Morgan fingerprint density at radius 1 is 1.32 bits per heavy atom. The molecule has 0 fully saturated rings. The van der Waals surface area contributed by atoms with Crippen molar-refractivity contribution in [3.05, 3.63) is 63.8 Å². The quantitative estimate of drug-likeness (QED) is 0.639. The molecule has 0 unspecified atom stereocenters. The summed E-state index contributed by atoms with van der Waals surface area (Å²) in [6.45, 7) is 5.84. The first-order valence-corrected chi connectivity index (χ1v) is 9.14. The zero-order chi connectivity index (χ0) is 18.1. The van der Waals surface area contributed by atoms with Crippen LogP contribution in [-0.4, -0.2) is 35.8 Å². The number of ether oxygens (including phenoxy) is 1. The Hall–Kier alpha value is -1.84. The van der Waals surface area contributed by atoms with E-state index < -0.39 is 6.10 Å². The van der Waals surface area contributed by atoms with Crippen molar-refractivity contribution in [1.82, 2.24) is 4.90 Å². The molecule has 6 heteroatoms. The van der Waals surface area contributed by atoms with Crippen molar-refractivity contribution in [2.24, 2.45) is 0 Å². The van der Waals surface area contributed by atoms with Gasteiger partial charge >= 0.3 is 0 Å². The molecule has 1 aromatic heterocycles. The topological polar surface area (TPSA) is 56.5 Å². The van der Waals surface area contributed by atoms with E-state index in [1.165, 1.54) is 11.3 Å². The molecule has 0 radical (unpaired) electrons.